The van der Waals surface area contributed by atoms with E-state index in [9.17, 15) is 0 Å². The Labute approximate surface area is 505 Å². The summed E-state index contributed by atoms with van der Waals surface area (Å²) in [6.45, 7) is 7.19. The van der Waals surface area contributed by atoms with Gasteiger partial charge in [-0.05, 0) is 253 Å². The van der Waals surface area contributed by atoms with Crippen LogP contribution in [0.3, 0.4) is 0 Å². The molecule has 0 heterocycles. The number of anilines is 12. The molecule has 11 rings (SSSR count). The molecular weight excluding hydrogens is 1070 g/mol. The van der Waals surface area contributed by atoms with Crippen LogP contribution in [0.2, 0.25) is 0 Å². The first-order valence-electron chi connectivity index (χ1n) is 28.5. The molecule has 86 heavy (non-hydrogen) atoms. The molecule has 0 aliphatic heterocycles. The third-order valence-corrected chi connectivity index (χ3v) is 16.4. The van der Waals surface area contributed by atoms with Gasteiger partial charge in [-0.25, -0.2) is 0 Å². The molecular formula is C74H72N4O8. The molecule has 1 aliphatic rings. The van der Waals surface area contributed by atoms with Crippen LogP contribution in [0.15, 0.2) is 224 Å². The fourth-order valence-corrected chi connectivity index (χ4v) is 12.1. The van der Waals surface area contributed by atoms with Crippen molar-refractivity contribution in [2.45, 2.75) is 38.0 Å². The SMILES string of the molecule is COc1ccc(N(c2ccc(OC)cc2)c2cc(N(c3ccc(OC)cc3)c3ccc(OC)cc3)cc(C3(C)CC(C)(C)c4cc(N(c5ccc(OC)cc5)c5ccc(OC)cc5)cc(N(c5ccc(OC)cc5)c5ccc(OC)cc5)c43)c2)cc1. The van der Waals surface area contributed by atoms with Crippen LogP contribution in [-0.4, -0.2) is 56.9 Å². The molecule has 1 unspecified atom stereocenters. The molecule has 0 saturated carbocycles. The highest BCUT2D eigenvalue weighted by Crippen LogP contribution is 2.60. The fourth-order valence-electron chi connectivity index (χ4n) is 12.1. The Morgan fingerprint density at radius 2 is 0.477 bits per heavy atom. The Hall–Kier alpha value is -10.2. The summed E-state index contributed by atoms with van der Waals surface area (Å²) in [5.41, 5.74) is 13.7. The van der Waals surface area contributed by atoms with Gasteiger partial charge < -0.3 is 57.5 Å². The third-order valence-electron chi connectivity index (χ3n) is 16.4. The van der Waals surface area contributed by atoms with Crippen molar-refractivity contribution < 1.29 is 37.9 Å². The molecule has 0 N–H and O–H groups in total. The number of hydrogen-bond donors (Lipinski definition) is 0. The van der Waals surface area contributed by atoms with E-state index in [-0.39, 0.29) is 0 Å². The molecule has 10 aromatic rings. The minimum absolute atomic E-state index is 0.417. The summed E-state index contributed by atoms with van der Waals surface area (Å²) in [7, 11) is 13.6. The minimum Gasteiger partial charge on any atom is -0.497 e. The predicted molar refractivity (Wildman–Crippen MR) is 348 cm³/mol. The van der Waals surface area contributed by atoms with Crippen LogP contribution in [0, 0.1) is 0 Å². The van der Waals surface area contributed by atoms with E-state index < -0.39 is 10.8 Å². The van der Waals surface area contributed by atoms with E-state index in [2.05, 4.69) is 168 Å². The molecule has 12 heteroatoms. The van der Waals surface area contributed by atoms with Crippen molar-refractivity contribution in [3.63, 3.8) is 0 Å². The van der Waals surface area contributed by atoms with Gasteiger partial charge in [-0.2, -0.15) is 0 Å². The highest BCUT2D eigenvalue weighted by atomic mass is 16.5. The van der Waals surface area contributed by atoms with Gasteiger partial charge in [0, 0.05) is 68.0 Å². The largest absolute Gasteiger partial charge is 0.497 e. The summed E-state index contributed by atoms with van der Waals surface area (Å²) in [4.78, 5) is 9.32. The van der Waals surface area contributed by atoms with Crippen molar-refractivity contribution in [1.82, 2.24) is 0 Å². The summed E-state index contributed by atoms with van der Waals surface area (Å²) in [6, 6.07) is 77.8. The lowest BCUT2D eigenvalue weighted by atomic mass is 9.74. The van der Waals surface area contributed by atoms with E-state index in [1.165, 1.54) is 11.1 Å². The highest BCUT2D eigenvalue weighted by Gasteiger charge is 2.49. The molecule has 0 aromatic heterocycles. The van der Waals surface area contributed by atoms with Gasteiger partial charge in [0.05, 0.1) is 62.6 Å². The Morgan fingerprint density at radius 1 is 0.256 bits per heavy atom. The van der Waals surface area contributed by atoms with Crippen LogP contribution in [-0.2, 0) is 10.8 Å². The van der Waals surface area contributed by atoms with Gasteiger partial charge in [-0.3, -0.25) is 0 Å². The number of ether oxygens (including phenoxy) is 8. The van der Waals surface area contributed by atoms with Gasteiger partial charge >= 0.3 is 0 Å². The Kier molecular flexibility index (Phi) is 16.5. The molecule has 0 radical (unpaired) electrons. The lowest BCUT2D eigenvalue weighted by Gasteiger charge is -2.37. The maximum absolute atomic E-state index is 5.81. The number of methoxy groups -OCH3 is 8. The summed E-state index contributed by atoms with van der Waals surface area (Å²) in [5, 5.41) is 0. The van der Waals surface area contributed by atoms with Crippen molar-refractivity contribution in [2.24, 2.45) is 0 Å². The number of fused-ring (bicyclic) bond motifs is 1. The second-order valence-corrected chi connectivity index (χ2v) is 21.9. The maximum atomic E-state index is 5.81. The molecule has 0 bridgehead atoms. The molecule has 0 fully saturated rings. The average Bonchev–Trinajstić information content (AvgIpc) is 1.56. The molecule has 10 aromatic carbocycles. The molecule has 1 aliphatic carbocycles. The molecule has 436 valence electrons. The van der Waals surface area contributed by atoms with Crippen molar-refractivity contribution in [1.29, 1.82) is 0 Å². The lowest BCUT2D eigenvalue weighted by molar-refractivity contribution is 0.414. The van der Waals surface area contributed by atoms with Crippen molar-refractivity contribution in [3.8, 4) is 46.0 Å². The molecule has 0 amide bonds. The zero-order chi connectivity index (χ0) is 60.1. The average molecular weight is 1150 g/mol. The highest BCUT2D eigenvalue weighted by molar-refractivity contribution is 5.90. The fraction of sp³-hybridized carbons (Fsp3) is 0.189. The van der Waals surface area contributed by atoms with Crippen LogP contribution in [0.1, 0.15) is 43.9 Å². The predicted octanol–water partition coefficient (Wildman–Crippen LogP) is 18.6. The normalized spacial score (nSPS) is 13.8. The molecule has 12 nitrogen and oxygen atoms in total. The number of benzene rings is 10. The van der Waals surface area contributed by atoms with E-state index in [1.807, 2.05) is 97.1 Å². The molecule has 0 saturated heterocycles. The second kappa shape index (κ2) is 24.6. The Morgan fingerprint density at radius 3 is 0.709 bits per heavy atom. The summed E-state index contributed by atoms with van der Waals surface area (Å²) in [6.07, 6.45) is 0.731. The van der Waals surface area contributed by atoms with Crippen molar-refractivity contribution in [2.75, 3.05) is 76.5 Å². The molecule has 0 spiro atoms. The maximum Gasteiger partial charge on any atom is 0.119 e. The number of rotatable bonds is 21. The quantitative estimate of drug-likeness (QED) is 0.0687. The van der Waals surface area contributed by atoms with Crippen LogP contribution in [0.25, 0.3) is 0 Å². The summed E-state index contributed by atoms with van der Waals surface area (Å²) >= 11 is 0. The zero-order valence-corrected chi connectivity index (χ0v) is 50.6. The molecule has 1 atom stereocenters. The zero-order valence-electron chi connectivity index (χ0n) is 50.6. The van der Waals surface area contributed by atoms with E-state index in [0.717, 1.165) is 126 Å². The van der Waals surface area contributed by atoms with Gasteiger partial charge in [0.25, 0.3) is 0 Å². The van der Waals surface area contributed by atoms with E-state index in [0.29, 0.717) is 0 Å². The van der Waals surface area contributed by atoms with E-state index in [4.69, 9.17) is 37.9 Å². The summed E-state index contributed by atoms with van der Waals surface area (Å²) < 4.78 is 46.0. The smallest absolute Gasteiger partial charge is 0.119 e. The minimum atomic E-state index is -0.698. The van der Waals surface area contributed by atoms with Gasteiger partial charge in [0.15, 0.2) is 0 Å². The Bertz CT molecular complexity index is 3610. The monoisotopic (exact) mass is 1140 g/mol. The van der Waals surface area contributed by atoms with Crippen LogP contribution < -0.4 is 57.5 Å². The number of hydrogen-bond acceptors (Lipinski definition) is 12. The van der Waals surface area contributed by atoms with Crippen LogP contribution >= 0.6 is 0 Å². The van der Waals surface area contributed by atoms with Gasteiger partial charge in [-0.15, -0.1) is 0 Å². The van der Waals surface area contributed by atoms with Crippen molar-refractivity contribution in [3.05, 3.63) is 241 Å². The topological polar surface area (TPSA) is 86.8 Å². The van der Waals surface area contributed by atoms with Gasteiger partial charge in [0.1, 0.15) is 46.0 Å². The van der Waals surface area contributed by atoms with E-state index >= 15 is 0 Å². The number of nitrogens with zero attached hydrogens (tertiary/aromatic N) is 4. The van der Waals surface area contributed by atoms with Crippen molar-refractivity contribution >= 4 is 68.2 Å². The lowest BCUT2D eigenvalue weighted by Crippen LogP contribution is -2.26. The Balaban J connectivity index is 1.25. The summed E-state index contributed by atoms with van der Waals surface area (Å²) in [5.74, 6) is 6.03. The second-order valence-electron chi connectivity index (χ2n) is 21.9. The van der Waals surface area contributed by atoms with E-state index in [1.54, 1.807) is 56.9 Å². The van der Waals surface area contributed by atoms with Crippen LogP contribution in [0.4, 0.5) is 68.2 Å². The van der Waals surface area contributed by atoms with Crippen LogP contribution in [0.5, 0.6) is 46.0 Å². The first kappa shape index (κ1) is 57.6. The van der Waals surface area contributed by atoms with Gasteiger partial charge in [-0.1, -0.05) is 20.8 Å². The first-order valence-corrected chi connectivity index (χ1v) is 28.5. The van der Waals surface area contributed by atoms with Gasteiger partial charge in [0.2, 0.25) is 0 Å². The third kappa shape index (κ3) is 11.3. The first-order chi connectivity index (χ1) is 41.8. The standard InChI is InChI=1S/C74H72N4O8/c1-73(2)49-74(3,50-44-59(75(51-12-28-62(79-4)29-13-51)52-14-30-63(80-5)31-15-52)46-60(45-50)76(53-16-32-64(81-6)33-17-53)54-18-34-65(82-7)35-19-54)72-70(73)47-61(77(55-20-36-66(83-8)37-21-55)56-22-38-67(84-9)39-23-56)48-71(72)78(57-24-40-68(85-10)41-25-57)58-26-42-69(86-11)43-27-58/h12-48H,49H2,1-11H3.